The first-order valence-corrected chi connectivity index (χ1v) is 6.93. The van der Waals surface area contributed by atoms with Gasteiger partial charge in [0.05, 0.1) is 0 Å². The topological polar surface area (TPSA) is 61.4 Å². The second-order valence-corrected chi connectivity index (χ2v) is 4.75. The number of rotatable bonds is 7. The molecular formula is C13H25N3O2. The molecule has 1 saturated heterocycles. The van der Waals surface area contributed by atoms with E-state index in [0.717, 1.165) is 38.9 Å². The summed E-state index contributed by atoms with van der Waals surface area (Å²) in [5.74, 6) is 0.210. The van der Waals surface area contributed by atoms with Crippen molar-refractivity contribution in [1.29, 1.82) is 0 Å². The minimum absolute atomic E-state index is 0.0386. The standard InChI is InChI=1S/C13H25N3O2/c1-14-8-5-6-12(17)15-9-7-13(18)16-10-3-2-4-11-16/h14H,2-11H2,1H3,(H,15,17). The molecule has 1 fully saturated rings. The molecule has 2 amide bonds. The van der Waals surface area contributed by atoms with E-state index in [4.69, 9.17) is 0 Å². The molecule has 0 bridgehead atoms. The van der Waals surface area contributed by atoms with E-state index in [9.17, 15) is 9.59 Å². The van der Waals surface area contributed by atoms with Gasteiger partial charge in [-0.05, 0) is 39.3 Å². The molecule has 0 aromatic rings. The number of hydrogen-bond acceptors (Lipinski definition) is 3. The van der Waals surface area contributed by atoms with E-state index in [0.29, 0.717) is 19.4 Å². The zero-order valence-electron chi connectivity index (χ0n) is 11.3. The van der Waals surface area contributed by atoms with Crippen LogP contribution in [0.3, 0.4) is 0 Å². The molecule has 1 aliphatic heterocycles. The Morgan fingerprint density at radius 3 is 2.44 bits per heavy atom. The van der Waals surface area contributed by atoms with Gasteiger partial charge in [-0.1, -0.05) is 0 Å². The molecular weight excluding hydrogens is 230 g/mol. The second-order valence-electron chi connectivity index (χ2n) is 4.75. The molecule has 0 aromatic heterocycles. The third-order valence-corrected chi connectivity index (χ3v) is 3.20. The van der Waals surface area contributed by atoms with Crippen molar-refractivity contribution in [3.63, 3.8) is 0 Å². The van der Waals surface area contributed by atoms with Gasteiger partial charge < -0.3 is 15.5 Å². The summed E-state index contributed by atoms with van der Waals surface area (Å²) in [6, 6.07) is 0. The van der Waals surface area contributed by atoms with Crippen LogP contribution in [0, 0.1) is 0 Å². The lowest BCUT2D eigenvalue weighted by Crippen LogP contribution is -2.37. The van der Waals surface area contributed by atoms with Crippen molar-refractivity contribution in [3.05, 3.63) is 0 Å². The summed E-state index contributed by atoms with van der Waals surface area (Å²) in [6.45, 7) is 3.08. The lowest BCUT2D eigenvalue weighted by Gasteiger charge is -2.26. The number of carbonyl (C=O) groups is 2. The van der Waals surface area contributed by atoms with Crippen LogP contribution in [-0.2, 0) is 9.59 Å². The fraction of sp³-hybridized carbons (Fsp3) is 0.846. The molecule has 0 aromatic carbocycles. The Hall–Kier alpha value is -1.10. The van der Waals surface area contributed by atoms with Crippen molar-refractivity contribution < 1.29 is 9.59 Å². The number of hydrogen-bond donors (Lipinski definition) is 2. The van der Waals surface area contributed by atoms with Crippen LogP contribution in [-0.4, -0.2) is 49.9 Å². The summed E-state index contributed by atoms with van der Waals surface area (Å²) in [5, 5.41) is 5.80. The first-order valence-electron chi connectivity index (χ1n) is 6.93. The van der Waals surface area contributed by atoms with E-state index in [1.54, 1.807) is 0 Å². The van der Waals surface area contributed by atoms with Crippen LogP contribution < -0.4 is 10.6 Å². The number of likely N-dealkylation sites (tertiary alicyclic amines) is 1. The van der Waals surface area contributed by atoms with Crippen molar-refractivity contribution in [2.45, 2.75) is 38.5 Å². The zero-order valence-corrected chi connectivity index (χ0v) is 11.3. The van der Waals surface area contributed by atoms with Gasteiger partial charge in [0.15, 0.2) is 0 Å². The summed E-state index contributed by atoms with van der Waals surface area (Å²) in [6.07, 6.45) is 5.25. The van der Waals surface area contributed by atoms with Crippen molar-refractivity contribution in [2.24, 2.45) is 0 Å². The average molecular weight is 255 g/mol. The Morgan fingerprint density at radius 2 is 1.78 bits per heavy atom. The van der Waals surface area contributed by atoms with E-state index in [2.05, 4.69) is 10.6 Å². The zero-order chi connectivity index (χ0) is 13.2. The van der Waals surface area contributed by atoms with Gasteiger partial charge in [0.2, 0.25) is 11.8 Å². The van der Waals surface area contributed by atoms with Crippen LogP contribution in [0.1, 0.15) is 38.5 Å². The summed E-state index contributed by atoms with van der Waals surface area (Å²) in [7, 11) is 1.87. The highest BCUT2D eigenvalue weighted by atomic mass is 16.2. The highest BCUT2D eigenvalue weighted by Crippen LogP contribution is 2.09. The largest absolute Gasteiger partial charge is 0.356 e. The van der Waals surface area contributed by atoms with Gasteiger partial charge in [0.25, 0.3) is 0 Å². The summed E-state index contributed by atoms with van der Waals surface area (Å²) in [5.41, 5.74) is 0. The minimum Gasteiger partial charge on any atom is -0.356 e. The van der Waals surface area contributed by atoms with E-state index in [1.165, 1.54) is 6.42 Å². The normalized spacial score (nSPS) is 15.5. The number of nitrogens with one attached hydrogen (secondary N) is 2. The molecule has 0 aliphatic carbocycles. The van der Waals surface area contributed by atoms with Gasteiger partial charge >= 0.3 is 0 Å². The van der Waals surface area contributed by atoms with Gasteiger partial charge in [-0.3, -0.25) is 9.59 Å². The highest BCUT2D eigenvalue weighted by molar-refractivity contribution is 5.79. The Labute approximate surface area is 109 Å². The summed E-state index contributed by atoms with van der Waals surface area (Å²) in [4.78, 5) is 25.1. The van der Waals surface area contributed by atoms with Crippen LogP contribution in [0.5, 0.6) is 0 Å². The van der Waals surface area contributed by atoms with Gasteiger partial charge in [-0.2, -0.15) is 0 Å². The lowest BCUT2D eigenvalue weighted by molar-refractivity contribution is -0.132. The van der Waals surface area contributed by atoms with Gasteiger partial charge in [-0.25, -0.2) is 0 Å². The van der Waals surface area contributed by atoms with Crippen LogP contribution in [0.4, 0.5) is 0 Å². The average Bonchev–Trinajstić information content (AvgIpc) is 2.40. The Bertz CT molecular complexity index is 263. The number of piperidine rings is 1. The molecule has 5 nitrogen and oxygen atoms in total. The van der Waals surface area contributed by atoms with E-state index >= 15 is 0 Å². The van der Waals surface area contributed by atoms with E-state index in [1.807, 2.05) is 11.9 Å². The molecule has 0 saturated carbocycles. The third-order valence-electron chi connectivity index (χ3n) is 3.20. The molecule has 1 aliphatic rings. The highest BCUT2D eigenvalue weighted by Gasteiger charge is 2.15. The van der Waals surface area contributed by atoms with Crippen LogP contribution >= 0.6 is 0 Å². The van der Waals surface area contributed by atoms with Gasteiger partial charge in [0, 0.05) is 32.5 Å². The second kappa shape index (κ2) is 8.91. The number of amides is 2. The molecule has 0 spiro atoms. The summed E-state index contributed by atoms with van der Waals surface area (Å²) < 4.78 is 0. The molecule has 5 heteroatoms. The molecule has 104 valence electrons. The minimum atomic E-state index is 0.0386. The maximum Gasteiger partial charge on any atom is 0.224 e. The van der Waals surface area contributed by atoms with Crippen molar-refractivity contribution >= 4 is 11.8 Å². The number of carbonyl (C=O) groups excluding carboxylic acids is 2. The molecule has 1 rings (SSSR count). The van der Waals surface area contributed by atoms with Crippen LogP contribution in [0.25, 0.3) is 0 Å². The van der Waals surface area contributed by atoms with E-state index in [-0.39, 0.29) is 11.8 Å². The summed E-state index contributed by atoms with van der Waals surface area (Å²) >= 11 is 0. The predicted octanol–water partition coefficient (Wildman–Crippen LogP) is 0.505. The molecule has 0 atom stereocenters. The lowest BCUT2D eigenvalue weighted by atomic mass is 10.1. The van der Waals surface area contributed by atoms with Crippen LogP contribution in [0.15, 0.2) is 0 Å². The van der Waals surface area contributed by atoms with Gasteiger partial charge in [0.1, 0.15) is 0 Å². The Kier molecular flexibility index (Phi) is 7.41. The fourth-order valence-corrected chi connectivity index (χ4v) is 2.12. The maximum atomic E-state index is 11.8. The predicted molar refractivity (Wildman–Crippen MR) is 71.2 cm³/mol. The first kappa shape index (κ1) is 15.0. The Balaban J connectivity index is 2.05. The van der Waals surface area contributed by atoms with Crippen molar-refractivity contribution in [2.75, 3.05) is 33.2 Å². The SMILES string of the molecule is CNCCCC(=O)NCCC(=O)N1CCCCC1. The van der Waals surface area contributed by atoms with E-state index < -0.39 is 0 Å². The molecule has 0 radical (unpaired) electrons. The fourth-order valence-electron chi connectivity index (χ4n) is 2.12. The maximum absolute atomic E-state index is 11.8. The van der Waals surface area contributed by atoms with Gasteiger partial charge in [-0.15, -0.1) is 0 Å². The first-order chi connectivity index (χ1) is 8.74. The monoisotopic (exact) mass is 255 g/mol. The third kappa shape index (κ3) is 6.00. The Morgan fingerprint density at radius 1 is 1.06 bits per heavy atom. The van der Waals surface area contributed by atoms with Crippen molar-refractivity contribution in [1.82, 2.24) is 15.5 Å². The molecule has 18 heavy (non-hydrogen) atoms. The molecule has 1 heterocycles. The van der Waals surface area contributed by atoms with Crippen LogP contribution in [0.2, 0.25) is 0 Å². The quantitative estimate of drug-likeness (QED) is 0.651. The molecule has 2 N–H and O–H groups in total. The smallest absolute Gasteiger partial charge is 0.224 e. The van der Waals surface area contributed by atoms with Crippen molar-refractivity contribution in [3.8, 4) is 0 Å². The molecule has 0 unspecified atom stereocenters. The number of nitrogens with zero attached hydrogens (tertiary/aromatic N) is 1.